The Hall–Kier alpha value is -2.48. The minimum absolute atomic E-state index is 0.0944. The third kappa shape index (κ3) is 4.93. The average Bonchev–Trinajstić information content (AvgIpc) is 3.46. The molecule has 7 nitrogen and oxygen atoms in total. The number of nitrogens with one attached hydrogen (secondary N) is 1. The smallest absolute Gasteiger partial charge is 0.248 e. The lowest BCUT2D eigenvalue weighted by molar-refractivity contribution is -0.121. The van der Waals surface area contributed by atoms with Crippen molar-refractivity contribution < 1.29 is 9.21 Å². The molecule has 0 radical (unpaired) electrons. The molecule has 154 valence electrons. The van der Waals surface area contributed by atoms with E-state index < -0.39 is 0 Å². The monoisotopic (exact) mass is 413 g/mol. The Morgan fingerprint density at radius 3 is 2.79 bits per heavy atom. The third-order valence-corrected chi connectivity index (χ3v) is 6.33. The van der Waals surface area contributed by atoms with Gasteiger partial charge in [-0.1, -0.05) is 0 Å². The van der Waals surface area contributed by atoms with Crippen molar-refractivity contribution >= 4 is 17.2 Å². The van der Waals surface area contributed by atoms with E-state index in [1.165, 1.54) is 0 Å². The van der Waals surface area contributed by atoms with E-state index in [0.717, 1.165) is 55.1 Å². The minimum Gasteiger partial charge on any atom is -0.420 e. The fourth-order valence-electron chi connectivity index (χ4n) is 3.97. The summed E-state index contributed by atoms with van der Waals surface area (Å²) >= 11 is 1.62. The van der Waals surface area contributed by atoms with Crippen LogP contribution in [0.2, 0.25) is 0 Å². The molecule has 8 heteroatoms. The van der Waals surface area contributed by atoms with Gasteiger partial charge < -0.3 is 9.73 Å². The van der Waals surface area contributed by atoms with Crippen LogP contribution in [0.5, 0.6) is 0 Å². The first kappa shape index (κ1) is 19.8. The molecule has 0 bridgehead atoms. The number of carbonyl (C=O) groups is 1. The van der Waals surface area contributed by atoms with Crippen molar-refractivity contribution in [1.82, 2.24) is 25.3 Å². The zero-order valence-electron chi connectivity index (χ0n) is 16.9. The van der Waals surface area contributed by atoms with E-state index in [0.29, 0.717) is 30.7 Å². The summed E-state index contributed by atoms with van der Waals surface area (Å²) in [6, 6.07) is 4.03. The normalized spacial score (nSPS) is 19.4. The average molecular weight is 414 g/mol. The predicted molar refractivity (Wildman–Crippen MR) is 112 cm³/mol. The Balaban J connectivity index is 1.19. The molecule has 0 aliphatic heterocycles. The Labute approximate surface area is 174 Å². The summed E-state index contributed by atoms with van der Waals surface area (Å²) in [5.74, 6) is 2.30. The molecule has 3 aromatic heterocycles. The van der Waals surface area contributed by atoms with E-state index in [-0.39, 0.29) is 5.91 Å². The van der Waals surface area contributed by atoms with Gasteiger partial charge in [0, 0.05) is 42.1 Å². The van der Waals surface area contributed by atoms with Gasteiger partial charge in [0.05, 0.1) is 5.69 Å². The van der Waals surface area contributed by atoms with Crippen LogP contribution in [0.1, 0.15) is 55.3 Å². The van der Waals surface area contributed by atoms with Crippen LogP contribution in [0.15, 0.2) is 27.3 Å². The minimum atomic E-state index is 0.0944. The maximum atomic E-state index is 12.2. The zero-order chi connectivity index (χ0) is 20.2. The number of hydrogen-bond donors (Lipinski definition) is 1. The number of amides is 1. The molecule has 0 atom stereocenters. The fourth-order valence-corrected chi connectivity index (χ4v) is 4.60. The largest absolute Gasteiger partial charge is 0.420 e. The van der Waals surface area contributed by atoms with Crippen LogP contribution in [0.25, 0.3) is 11.5 Å². The van der Waals surface area contributed by atoms with E-state index in [2.05, 4.69) is 20.6 Å². The van der Waals surface area contributed by atoms with Gasteiger partial charge in [-0.25, -0.2) is 0 Å². The molecule has 1 amide bonds. The second-order valence-electron chi connectivity index (χ2n) is 7.88. The van der Waals surface area contributed by atoms with Crippen molar-refractivity contribution in [2.24, 2.45) is 5.92 Å². The first-order valence-electron chi connectivity index (χ1n) is 10.2. The molecule has 4 rings (SSSR count). The summed E-state index contributed by atoms with van der Waals surface area (Å²) in [5.41, 5.74) is 3.07. The summed E-state index contributed by atoms with van der Waals surface area (Å²) in [4.78, 5) is 12.2. The molecule has 3 aromatic rings. The molecular weight excluding hydrogens is 386 g/mol. The topological polar surface area (TPSA) is 85.8 Å². The Kier molecular flexibility index (Phi) is 6.08. The molecule has 29 heavy (non-hydrogen) atoms. The van der Waals surface area contributed by atoms with Gasteiger partial charge in [0.2, 0.25) is 17.7 Å². The third-order valence-electron chi connectivity index (χ3n) is 5.65. The van der Waals surface area contributed by atoms with Gasteiger partial charge in [-0.15, -0.1) is 10.2 Å². The Bertz CT molecular complexity index is 938. The molecule has 1 N–H and O–H groups in total. The van der Waals surface area contributed by atoms with E-state index >= 15 is 0 Å². The van der Waals surface area contributed by atoms with Crippen molar-refractivity contribution in [2.45, 2.75) is 58.4 Å². The quantitative estimate of drug-likeness (QED) is 0.630. The van der Waals surface area contributed by atoms with Gasteiger partial charge >= 0.3 is 0 Å². The summed E-state index contributed by atoms with van der Waals surface area (Å²) in [5, 5.41) is 20.0. The van der Waals surface area contributed by atoms with Crippen molar-refractivity contribution in [2.75, 3.05) is 6.54 Å². The van der Waals surface area contributed by atoms with Gasteiger partial charge in [0.1, 0.15) is 0 Å². The van der Waals surface area contributed by atoms with Gasteiger partial charge in [0.25, 0.3) is 0 Å². The van der Waals surface area contributed by atoms with Crippen LogP contribution in [0, 0.1) is 19.8 Å². The molecule has 1 aliphatic rings. The van der Waals surface area contributed by atoms with Crippen LogP contribution in [0.4, 0.5) is 0 Å². The highest BCUT2D eigenvalue weighted by Crippen LogP contribution is 2.36. The van der Waals surface area contributed by atoms with Crippen LogP contribution >= 0.6 is 11.3 Å². The molecule has 1 aliphatic carbocycles. The standard InChI is InChI=1S/C21H27N5O2S/c1-14-11-15(2)26(25-14)9-7-19(27)22-12-16-3-5-17(6-4-16)20-23-24-21(28-20)18-8-10-29-13-18/h8,10-11,13,16-17H,3-7,9,12H2,1-2H3,(H,22,27). The first-order chi connectivity index (χ1) is 14.1. The lowest BCUT2D eigenvalue weighted by Crippen LogP contribution is -2.31. The van der Waals surface area contributed by atoms with Crippen molar-refractivity contribution in [3.63, 3.8) is 0 Å². The van der Waals surface area contributed by atoms with Gasteiger partial charge in [-0.05, 0) is 63.0 Å². The second kappa shape index (κ2) is 8.90. The predicted octanol–water partition coefficient (Wildman–Crippen LogP) is 4.09. The Morgan fingerprint density at radius 1 is 1.28 bits per heavy atom. The van der Waals surface area contributed by atoms with Crippen molar-refractivity contribution in [3.05, 3.63) is 40.2 Å². The van der Waals surface area contributed by atoms with E-state index in [1.807, 2.05) is 41.4 Å². The number of carbonyl (C=O) groups excluding carboxylic acids is 1. The van der Waals surface area contributed by atoms with E-state index in [4.69, 9.17) is 4.42 Å². The molecule has 1 fully saturated rings. The van der Waals surface area contributed by atoms with Gasteiger partial charge in [-0.2, -0.15) is 16.4 Å². The van der Waals surface area contributed by atoms with Gasteiger partial charge in [-0.3, -0.25) is 9.48 Å². The molecule has 3 heterocycles. The van der Waals surface area contributed by atoms with Crippen LogP contribution < -0.4 is 5.32 Å². The molecule has 0 saturated heterocycles. The van der Waals surface area contributed by atoms with Crippen LogP contribution in [-0.4, -0.2) is 32.4 Å². The maximum absolute atomic E-state index is 12.2. The molecule has 1 saturated carbocycles. The molecule has 0 aromatic carbocycles. The second-order valence-corrected chi connectivity index (χ2v) is 8.66. The molecule has 0 unspecified atom stereocenters. The summed E-state index contributed by atoms with van der Waals surface area (Å²) < 4.78 is 7.79. The molecule has 0 spiro atoms. The van der Waals surface area contributed by atoms with Crippen LogP contribution in [-0.2, 0) is 11.3 Å². The fraction of sp³-hybridized carbons (Fsp3) is 0.524. The summed E-state index contributed by atoms with van der Waals surface area (Å²) in [7, 11) is 0. The highest BCUT2D eigenvalue weighted by atomic mass is 32.1. The number of hydrogen-bond acceptors (Lipinski definition) is 6. The van der Waals surface area contributed by atoms with E-state index in [9.17, 15) is 4.79 Å². The number of nitrogens with zero attached hydrogens (tertiary/aromatic N) is 4. The highest BCUT2D eigenvalue weighted by Gasteiger charge is 2.26. The van der Waals surface area contributed by atoms with Crippen LogP contribution in [0.3, 0.4) is 0 Å². The Morgan fingerprint density at radius 2 is 2.10 bits per heavy atom. The lowest BCUT2D eigenvalue weighted by Gasteiger charge is -2.26. The highest BCUT2D eigenvalue weighted by molar-refractivity contribution is 7.08. The first-order valence-corrected chi connectivity index (χ1v) is 11.2. The van der Waals surface area contributed by atoms with Crippen molar-refractivity contribution in [3.8, 4) is 11.5 Å². The van der Waals surface area contributed by atoms with E-state index in [1.54, 1.807) is 11.3 Å². The lowest BCUT2D eigenvalue weighted by atomic mass is 9.82. The van der Waals surface area contributed by atoms with Crippen molar-refractivity contribution in [1.29, 1.82) is 0 Å². The number of rotatable bonds is 7. The SMILES string of the molecule is Cc1cc(C)n(CCC(=O)NCC2CCC(c3nnc(-c4ccsc4)o3)CC2)n1. The summed E-state index contributed by atoms with van der Waals surface area (Å²) in [6.45, 7) is 5.36. The number of thiophene rings is 1. The number of aryl methyl sites for hydroxylation is 3. The van der Waals surface area contributed by atoms with Gasteiger partial charge in [0.15, 0.2) is 0 Å². The maximum Gasteiger partial charge on any atom is 0.248 e. The summed E-state index contributed by atoms with van der Waals surface area (Å²) in [6.07, 6.45) is 4.65. The zero-order valence-corrected chi connectivity index (χ0v) is 17.7. The molecular formula is C21H27N5O2S. The number of aromatic nitrogens is 4.